The van der Waals surface area contributed by atoms with Crippen molar-refractivity contribution in [1.29, 1.82) is 0 Å². The number of nitrogens with one attached hydrogen (secondary N) is 1. The van der Waals surface area contributed by atoms with E-state index in [1.807, 2.05) is 36.4 Å². The third kappa shape index (κ3) is 5.25. The third-order valence-electron chi connectivity index (χ3n) is 7.68. The molecule has 198 valence electrons. The van der Waals surface area contributed by atoms with Gasteiger partial charge in [0, 0.05) is 52.1 Å². The first-order valence-corrected chi connectivity index (χ1v) is 14.0. The number of carbonyl (C=O) groups excluding carboxylic acids is 3. The fourth-order valence-corrected chi connectivity index (χ4v) is 6.08. The lowest BCUT2D eigenvalue weighted by molar-refractivity contribution is -0.141. The molecule has 1 unspecified atom stereocenters. The topological polar surface area (TPSA) is 69.7 Å². The summed E-state index contributed by atoms with van der Waals surface area (Å²) in [5, 5.41) is 5.99. The zero-order valence-electron chi connectivity index (χ0n) is 21.4. The molecule has 1 atom stereocenters. The molecule has 2 aliphatic rings. The van der Waals surface area contributed by atoms with Crippen molar-refractivity contribution in [1.82, 2.24) is 10.2 Å². The predicted molar refractivity (Wildman–Crippen MR) is 152 cm³/mol. The summed E-state index contributed by atoms with van der Waals surface area (Å²) in [4.78, 5) is 43.1. The molecular weight excluding hydrogens is 521 g/mol. The monoisotopic (exact) mass is 551 g/mol. The molecule has 3 aromatic rings. The van der Waals surface area contributed by atoms with Gasteiger partial charge in [0.1, 0.15) is 6.04 Å². The number of hydrogen-bond acceptors (Lipinski definition) is 3. The Kier molecular flexibility index (Phi) is 7.91. The first kappa shape index (κ1) is 26.5. The van der Waals surface area contributed by atoms with E-state index in [-0.39, 0.29) is 36.7 Å². The lowest BCUT2D eigenvalue weighted by atomic mass is 10.1. The highest BCUT2D eigenvalue weighted by atomic mass is 35.5. The molecular formula is C30H31Cl2N3O3. The van der Waals surface area contributed by atoms with Gasteiger partial charge < -0.3 is 15.1 Å². The molecule has 38 heavy (non-hydrogen) atoms. The molecule has 0 radical (unpaired) electrons. The number of anilines is 1. The van der Waals surface area contributed by atoms with Gasteiger partial charge in [-0.3, -0.25) is 14.4 Å². The molecule has 3 amide bonds. The molecule has 6 nitrogen and oxygen atoms in total. The maximum atomic E-state index is 13.6. The van der Waals surface area contributed by atoms with Gasteiger partial charge in [-0.25, -0.2) is 0 Å². The smallest absolute Gasteiger partial charge is 0.258 e. The van der Waals surface area contributed by atoms with E-state index < -0.39 is 6.04 Å². The first-order chi connectivity index (χ1) is 18.3. The van der Waals surface area contributed by atoms with Crippen LogP contribution in [0.2, 0.25) is 10.0 Å². The van der Waals surface area contributed by atoms with Crippen molar-refractivity contribution in [2.45, 2.75) is 64.1 Å². The highest BCUT2D eigenvalue weighted by Gasteiger charge is 2.31. The lowest BCUT2D eigenvalue weighted by Gasteiger charge is -2.30. The van der Waals surface area contributed by atoms with E-state index in [1.54, 1.807) is 34.9 Å². The van der Waals surface area contributed by atoms with Crippen molar-refractivity contribution in [2.24, 2.45) is 0 Å². The van der Waals surface area contributed by atoms with Crippen molar-refractivity contribution in [3.63, 3.8) is 0 Å². The minimum absolute atomic E-state index is 0.0479. The molecule has 0 aromatic heterocycles. The molecule has 5 rings (SSSR count). The molecule has 1 fully saturated rings. The number of nitrogens with zero attached hydrogens (tertiary/aromatic N) is 2. The van der Waals surface area contributed by atoms with Crippen LogP contribution in [0.5, 0.6) is 0 Å². The van der Waals surface area contributed by atoms with Gasteiger partial charge >= 0.3 is 0 Å². The number of carbonyl (C=O) groups is 3. The standard InChI is InChI=1S/C30H31Cl2N3O3/c1-19(29(37)33-21-10-2-3-11-21)35(18-23-24(31)13-6-14-25(23)32)27(36)16-7-17-34-26-15-5-9-20-8-4-12-22(28(20)26)30(34)38/h4-6,8-9,12-15,19,21H,2-3,7,10-11,16-18H2,1H3,(H,33,37). The summed E-state index contributed by atoms with van der Waals surface area (Å²) in [5.41, 5.74) is 2.18. The summed E-state index contributed by atoms with van der Waals surface area (Å²) in [6, 6.07) is 16.3. The molecule has 1 heterocycles. The summed E-state index contributed by atoms with van der Waals surface area (Å²) >= 11 is 12.8. The Hall–Kier alpha value is -3.09. The van der Waals surface area contributed by atoms with Gasteiger partial charge in [0.15, 0.2) is 0 Å². The van der Waals surface area contributed by atoms with Crippen LogP contribution in [0.1, 0.15) is 61.4 Å². The molecule has 1 aliphatic heterocycles. The number of benzene rings is 3. The van der Waals surface area contributed by atoms with Crippen LogP contribution < -0.4 is 10.2 Å². The molecule has 1 saturated carbocycles. The maximum Gasteiger partial charge on any atom is 0.258 e. The molecule has 8 heteroatoms. The number of hydrogen-bond donors (Lipinski definition) is 1. The van der Waals surface area contributed by atoms with Crippen LogP contribution in [0.15, 0.2) is 54.6 Å². The van der Waals surface area contributed by atoms with Crippen LogP contribution in [0.25, 0.3) is 10.8 Å². The summed E-state index contributed by atoms with van der Waals surface area (Å²) in [6.45, 7) is 2.28. The van der Waals surface area contributed by atoms with Gasteiger partial charge in [-0.2, -0.15) is 0 Å². The van der Waals surface area contributed by atoms with Crippen LogP contribution in [-0.4, -0.2) is 41.2 Å². The Morgan fingerprint density at radius 1 is 1.03 bits per heavy atom. The second-order valence-corrected chi connectivity index (χ2v) is 10.9. The van der Waals surface area contributed by atoms with E-state index in [0.29, 0.717) is 34.1 Å². The normalized spacial score (nSPS) is 15.8. The summed E-state index contributed by atoms with van der Waals surface area (Å²) < 4.78 is 0. The zero-order valence-corrected chi connectivity index (χ0v) is 22.9. The maximum absolute atomic E-state index is 13.6. The van der Waals surface area contributed by atoms with Crippen LogP contribution in [-0.2, 0) is 16.1 Å². The van der Waals surface area contributed by atoms with Crippen LogP contribution in [0, 0.1) is 0 Å². The molecule has 0 bridgehead atoms. The molecule has 1 aliphatic carbocycles. The number of rotatable bonds is 9. The average molecular weight is 553 g/mol. The summed E-state index contributed by atoms with van der Waals surface area (Å²) in [7, 11) is 0. The third-order valence-corrected chi connectivity index (χ3v) is 8.39. The van der Waals surface area contributed by atoms with Gasteiger partial charge in [-0.05, 0) is 55.8 Å². The second kappa shape index (κ2) is 11.3. The van der Waals surface area contributed by atoms with E-state index in [4.69, 9.17) is 23.2 Å². The summed E-state index contributed by atoms with van der Waals surface area (Å²) in [6.07, 6.45) is 4.76. The largest absolute Gasteiger partial charge is 0.352 e. The molecule has 1 N–H and O–H groups in total. The molecule has 0 saturated heterocycles. The zero-order chi connectivity index (χ0) is 26.8. The van der Waals surface area contributed by atoms with Crippen molar-refractivity contribution >= 4 is 57.4 Å². The van der Waals surface area contributed by atoms with Gasteiger partial charge in [-0.15, -0.1) is 0 Å². The van der Waals surface area contributed by atoms with E-state index in [0.717, 1.165) is 42.1 Å². The van der Waals surface area contributed by atoms with Crippen molar-refractivity contribution in [2.75, 3.05) is 11.4 Å². The van der Waals surface area contributed by atoms with E-state index in [2.05, 4.69) is 5.32 Å². The van der Waals surface area contributed by atoms with Crippen LogP contribution in [0.4, 0.5) is 5.69 Å². The minimum atomic E-state index is -0.693. The predicted octanol–water partition coefficient (Wildman–Crippen LogP) is 6.36. The highest BCUT2D eigenvalue weighted by Crippen LogP contribution is 2.37. The Bertz CT molecular complexity index is 1360. The van der Waals surface area contributed by atoms with E-state index >= 15 is 0 Å². The Morgan fingerprint density at radius 3 is 2.39 bits per heavy atom. The highest BCUT2D eigenvalue weighted by molar-refractivity contribution is 6.36. The van der Waals surface area contributed by atoms with Gasteiger partial charge in [-0.1, -0.05) is 66.4 Å². The van der Waals surface area contributed by atoms with Crippen molar-refractivity contribution in [3.05, 3.63) is 75.8 Å². The lowest BCUT2D eigenvalue weighted by Crippen LogP contribution is -2.49. The van der Waals surface area contributed by atoms with Gasteiger partial charge in [0.05, 0.1) is 5.69 Å². The quantitative estimate of drug-likeness (QED) is 0.336. The second-order valence-electron chi connectivity index (χ2n) is 10.1. The van der Waals surface area contributed by atoms with Gasteiger partial charge in [0.2, 0.25) is 11.8 Å². The fraction of sp³-hybridized carbons (Fsp3) is 0.367. The molecule has 3 aromatic carbocycles. The van der Waals surface area contributed by atoms with Gasteiger partial charge in [0.25, 0.3) is 5.91 Å². The van der Waals surface area contributed by atoms with Crippen molar-refractivity contribution in [3.8, 4) is 0 Å². The number of halogens is 2. The van der Waals surface area contributed by atoms with E-state index in [9.17, 15) is 14.4 Å². The summed E-state index contributed by atoms with van der Waals surface area (Å²) in [5.74, 6) is -0.407. The fourth-order valence-electron chi connectivity index (χ4n) is 5.56. The molecule has 0 spiro atoms. The van der Waals surface area contributed by atoms with Crippen LogP contribution >= 0.6 is 23.2 Å². The number of amides is 3. The SMILES string of the molecule is CC(C(=O)NC1CCCC1)N(Cc1c(Cl)cccc1Cl)C(=O)CCCN1C(=O)c2cccc3cccc1c23. The first-order valence-electron chi connectivity index (χ1n) is 13.2. The Labute approximate surface area is 232 Å². The minimum Gasteiger partial charge on any atom is -0.352 e. The Balaban J connectivity index is 1.30. The average Bonchev–Trinajstić information content (AvgIpc) is 3.51. The van der Waals surface area contributed by atoms with E-state index in [1.165, 1.54) is 0 Å². The van der Waals surface area contributed by atoms with Crippen LogP contribution in [0.3, 0.4) is 0 Å². The van der Waals surface area contributed by atoms with Crippen molar-refractivity contribution < 1.29 is 14.4 Å². The Morgan fingerprint density at radius 2 is 1.68 bits per heavy atom.